The third kappa shape index (κ3) is 3.38. The average molecular weight is 322 g/mol. The van der Waals surface area contributed by atoms with Crippen LogP contribution in [0.25, 0.3) is 0 Å². The molecule has 2 aromatic rings. The van der Waals surface area contributed by atoms with Crippen molar-refractivity contribution in [3.8, 4) is 5.75 Å². The van der Waals surface area contributed by atoms with E-state index in [1.807, 2.05) is 31.2 Å². The molecule has 0 aliphatic heterocycles. The summed E-state index contributed by atoms with van der Waals surface area (Å²) in [5.74, 6) is 1.65. The molecule has 0 radical (unpaired) electrons. The van der Waals surface area contributed by atoms with Crippen LogP contribution in [0.3, 0.4) is 0 Å². The quantitative estimate of drug-likeness (QED) is 0.906. The van der Waals surface area contributed by atoms with Gasteiger partial charge in [0.05, 0.1) is 19.0 Å². The number of aryl methyl sites for hydroxylation is 1. The van der Waals surface area contributed by atoms with E-state index in [-0.39, 0.29) is 0 Å². The van der Waals surface area contributed by atoms with Gasteiger partial charge in [0.2, 0.25) is 0 Å². The molecule has 0 bridgehead atoms. The third-order valence-electron chi connectivity index (χ3n) is 2.85. The van der Waals surface area contributed by atoms with Gasteiger partial charge in [-0.2, -0.15) is 0 Å². The van der Waals surface area contributed by atoms with Crippen LogP contribution in [0.2, 0.25) is 0 Å². The molecule has 2 rings (SSSR count). The van der Waals surface area contributed by atoms with Crippen LogP contribution >= 0.6 is 15.9 Å². The van der Waals surface area contributed by atoms with Crippen LogP contribution in [0.5, 0.6) is 5.75 Å². The summed E-state index contributed by atoms with van der Waals surface area (Å²) in [4.78, 5) is 4.24. The van der Waals surface area contributed by atoms with Crippen molar-refractivity contribution in [1.82, 2.24) is 4.98 Å². The third-order valence-corrected chi connectivity index (χ3v) is 3.35. The monoisotopic (exact) mass is 321 g/mol. The Morgan fingerprint density at radius 3 is 2.84 bits per heavy atom. The number of benzene rings is 1. The fourth-order valence-electron chi connectivity index (χ4n) is 1.73. The number of ether oxygens (including phenoxy) is 1. The van der Waals surface area contributed by atoms with Crippen molar-refractivity contribution in [1.29, 1.82) is 0 Å². The standard InChI is InChI=1S/C14H16BrN3O/c1-9-5-14(18-8-12(9)16)17-7-10-6-11(15)3-4-13(10)19-2/h3-6,8H,7,16H2,1-2H3,(H,17,18). The van der Waals surface area contributed by atoms with Gasteiger partial charge in [0.15, 0.2) is 0 Å². The zero-order valence-electron chi connectivity index (χ0n) is 10.9. The smallest absolute Gasteiger partial charge is 0.126 e. The minimum Gasteiger partial charge on any atom is -0.496 e. The van der Waals surface area contributed by atoms with Crippen molar-refractivity contribution in [2.24, 2.45) is 0 Å². The Morgan fingerprint density at radius 2 is 2.16 bits per heavy atom. The highest BCUT2D eigenvalue weighted by Gasteiger charge is 2.04. The van der Waals surface area contributed by atoms with Gasteiger partial charge < -0.3 is 15.8 Å². The molecule has 0 aliphatic carbocycles. The molecular weight excluding hydrogens is 306 g/mol. The van der Waals surface area contributed by atoms with Crippen LogP contribution in [0.4, 0.5) is 11.5 Å². The summed E-state index contributed by atoms with van der Waals surface area (Å²) in [6.07, 6.45) is 1.66. The lowest BCUT2D eigenvalue weighted by Gasteiger charge is -2.11. The van der Waals surface area contributed by atoms with Gasteiger partial charge in [0.25, 0.3) is 0 Å². The number of nitrogens with two attached hydrogens (primary N) is 1. The lowest BCUT2D eigenvalue weighted by Crippen LogP contribution is -2.04. The number of nitrogen functional groups attached to an aromatic ring is 1. The van der Waals surface area contributed by atoms with E-state index in [1.54, 1.807) is 13.3 Å². The Hall–Kier alpha value is -1.75. The highest BCUT2D eigenvalue weighted by molar-refractivity contribution is 9.10. The van der Waals surface area contributed by atoms with Crippen LogP contribution < -0.4 is 15.8 Å². The number of nitrogens with one attached hydrogen (secondary N) is 1. The SMILES string of the molecule is COc1ccc(Br)cc1CNc1cc(C)c(N)cn1. The van der Waals surface area contributed by atoms with Gasteiger partial charge in [-0.3, -0.25) is 0 Å². The minimum absolute atomic E-state index is 0.638. The highest BCUT2D eigenvalue weighted by atomic mass is 79.9. The molecule has 1 heterocycles. The molecule has 0 aliphatic rings. The maximum atomic E-state index is 5.75. The fraction of sp³-hybridized carbons (Fsp3) is 0.214. The molecule has 0 amide bonds. The van der Waals surface area contributed by atoms with Gasteiger partial charge in [-0.1, -0.05) is 15.9 Å². The first-order chi connectivity index (χ1) is 9.10. The van der Waals surface area contributed by atoms with Gasteiger partial charge >= 0.3 is 0 Å². The molecule has 0 saturated carbocycles. The van der Waals surface area contributed by atoms with Crippen LogP contribution in [-0.2, 0) is 6.54 Å². The van der Waals surface area contributed by atoms with E-state index in [1.165, 1.54) is 0 Å². The molecule has 0 saturated heterocycles. The van der Waals surface area contributed by atoms with Crippen molar-refractivity contribution < 1.29 is 4.74 Å². The van der Waals surface area contributed by atoms with Crippen molar-refractivity contribution in [2.45, 2.75) is 13.5 Å². The Balaban J connectivity index is 2.13. The van der Waals surface area contributed by atoms with E-state index in [0.717, 1.165) is 27.2 Å². The molecule has 0 unspecified atom stereocenters. The highest BCUT2D eigenvalue weighted by Crippen LogP contribution is 2.24. The van der Waals surface area contributed by atoms with E-state index in [4.69, 9.17) is 10.5 Å². The second-order valence-electron chi connectivity index (χ2n) is 4.24. The maximum absolute atomic E-state index is 5.75. The lowest BCUT2D eigenvalue weighted by atomic mass is 10.2. The zero-order valence-corrected chi connectivity index (χ0v) is 12.5. The summed E-state index contributed by atoms with van der Waals surface area (Å²) in [5, 5.41) is 3.26. The second-order valence-corrected chi connectivity index (χ2v) is 5.15. The normalized spacial score (nSPS) is 10.3. The largest absolute Gasteiger partial charge is 0.496 e. The Kier molecular flexibility index (Phi) is 4.27. The van der Waals surface area contributed by atoms with E-state index in [0.29, 0.717) is 12.2 Å². The molecule has 19 heavy (non-hydrogen) atoms. The lowest BCUT2D eigenvalue weighted by molar-refractivity contribution is 0.410. The Morgan fingerprint density at radius 1 is 1.37 bits per heavy atom. The van der Waals surface area contributed by atoms with Crippen molar-refractivity contribution >= 4 is 27.4 Å². The molecular formula is C14H16BrN3O. The number of nitrogens with zero attached hydrogens (tertiary/aromatic N) is 1. The average Bonchev–Trinajstić information content (AvgIpc) is 2.40. The number of halogens is 1. The van der Waals surface area contributed by atoms with Crippen LogP contribution in [0, 0.1) is 6.92 Å². The Labute approximate surface area is 121 Å². The minimum atomic E-state index is 0.638. The topological polar surface area (TPSA) is 60.2 Å². The van der Waals surface area contributed by atoms with Gasteiger partial charge in [-0.25, -0.2) is 4.98 Å². The summed E-state index contributed by atoms with van der Waals surface area (Å²) in [7, 11) is 1.67. The van der Waals surface area contributed by atoms with Crippen molar-refractivity contribution in [2.75, 3.05) is 18.2 Å². The second kappa shape index (κ2) is 5.93. The summed E-state index contributed by atoms with van der Waals surface area (Å²) in [6.45, 7) is 2.60. The van der Waals surface area contributed by atoms with Gasteiger partial charge in [-0.05, 0) is 36.8 Å². The Bertz CT molecular complexity index is 587. The van der Waals surface area contributed by atoms with Gasteiger partial charge in [-0.15, -0.1) is 0 Å². The summed E-state index contributed by atoms with van der Waals surface area (Å²) >= 11 is 3.46. The molecule has 5 heteroatoms. The molecule has 0 fully saturated rings. The number of pyridine rings is 1. The number of methoxy groups -OCH3 is 1. The number of rotatable bonds is 4. The number of aromatic nitrogens is 1. The molecule has 1 aromatic carbocycles. The number of anilines is 2. The van der Waals surface area contributed by atoms with E-state index >= 15 is 0 Å². The van der Waals surface area contributed by atoms with Crippen LogP contribution in [0.15, 0.2) is 34.9 Å². The van der Waals surface area contributed by atoms with Crippen molar-refractivity contribution in [3.05, 3.63) is 46.1 Å². The van der Waals surface area contributed by atoms with Crippen molar-refractivity contribution in [3.63, 3.8) is 0 Å². The predicted molar refractivity (Wildman–Crippen MR) is 81.4 cm³/mol. The first kappa shape index (κ1) is 13.7. The summed E-state index contributed by atoms with van der Waals surface area (Å²) in [6, 6.07) is 7.84. The summed E-state index contributed by atoms with van der Waals surface area (Å²) in [5.41, 5.74) is 8.52. The fourth-order valence-corrected chi connectivity index (χ4v) is 2.14. The molecule has 1 aromatic heterocycles. The first-order valence-corrected chi connectivity index (χ1v) is 6.68. The van der Waals surface area contributed by atoms with Gasteiger partial charge in [0, 0.05) is 16.6 Å². The molecule has 0 spiro atoms. The zero-order chi connectivity index (χ0) is 13.8. The van der Waals surface area contributed by atoms with E-state index in [9.17, 15) is 0 Å². The molecule has 4 nitrogen and oxygen atoms in total. The predicted octanol–water partition coefficient (Wildman–Crippen LogP) is 3.36. The molecule has 100 valence electrons. The number of hydrogen-bond donors (Lipinski definition) is 2. The van der Waals surface area contributed by atoms with Gasteiger partial charge in [0.1, 0.15) is 11.6 Å². The molecule has 3 N–H and O–H groups in total. The molecule has 0 atom stereocenters. The first-order valence-electron chi connectivity index (χ1n) is 5.88. The van der Waals surface area contributed by atoms with E-state index < -0.39 is 0 Å². The van der Waals surface area contributed by atoms with Crippen LogP contribution in [-0.4, -0.2) is 12.1 Å². The van der Waals surface area contributed by atoms with E-state index in [2.05, 4.69) is 26.2 Å². The number of hydrogen-bond acceptors (Lipinski definition) is 4. The van der Waals surface area contributed by atoms with Crippen LogP contribution in [0.1, 0.15) is 11.1 Å². The maximum Gasteiger partial charge on any atom is 0.126 e. The summed E-state index contributed by atoms with van der Waals surface area (Å²) < 4.78 is 6.35.